The Morgan fingerprint density at radius 2 is 1.88 bits per heavy atom. The van der Waals surface area contributed by atoms with E-state index >= 15 is 0 Å². The highest BCUT2D eigenvalue weighted by Crippen LogP contribution is 2.25. The first kappa shape index (κ1) is 22.3. The summed E-state index contributed by atoms with van der Waals surface area (Å²) in [5.41, 5.74) is 1.86. The molecule has 170 valence electrons. The Hall–Kier alpha value is -2.87. The summed E-state index contributed by atoms with van der Waals surface area (Å²) >= 11 is 0. The number of benzene rings is 1. The van der Waals surface area contributed by atoms with Gasteiger partial charge in [0.15, 0.2) is 0 Å². The summed E-state index contributed by atoms with van der Waals surface area (Å²) in [7, 11) is 0. The minimum Gasteiger partial charge on any atom is -0.348 e. The molecule has 2 fully saturated rings. The lowest BCUT2D eigenvalue weighted by Crippen LogP contribution is -2.44. The molecule has 1 N–H and O–H groups in total. The zero-order valence-corrected chi connectivity index (χ0v) is 18.5. The number of nitrogens with one attached hydrogen (secondary N) is 1. The maximum absolute atomic E-state index is 13.0. The van der Waals surface area contributed by atoms with Gasteiger partial charge in [-0.1, -0.05) is 12.1 Å². The molecule has 8 heteroatoms. The van der Waals surface area contributed by atoms with Gasteiger partial charge in [0.05, 0.1) is 17.8 Å². The second kappa shape index (κ2) is 10.2. The van der Waals surface area contributed by atoms with Crippen LogP contribution in [0.15, 0.2) is 30.5 Å². The van der Waals surface area contributed by atoms with E-state index in [9.17, 15) is 14.0 Å². The maximum atomic E-state index is 13.0. The van der Waals surface area contributed by atoms with E-state index in [1.807, 2.05) is 4.90 Å². The van der Waals surface area contributed by atoms with Gasteiger partial charge in [-0.05, 0) is 63.4 Å². The number of likely N-dealkylation sites (tertiary alicyclic amines) is 2. The number of hydrogen-bond donors (Lipinski definition) is 1. The van der Waals surface area contributed by atoms with Crippen molar-refractivity contribution in [3.8, 4) is 0 Å². The molecule has 4 rings (SSSR count). The van der Waals surface area contributed by atoms with Crippen LogP contribution in [-0.4, -0.2) is 64.3 Å². The summed E-state index contributed by atoms with van der Waals surface area (Å²) in [5, 5.41) is 2.83. The van der Waals surface area contributed by atoms with E-state index < -0.39 is 0 Å². The molecule has 2 aromatic rings. The zero-order chi connectivity index (χ0) is 22.5. The van der Waals surface area contributed by atoms with Crippen LogP contribution in [-0.2, 0) is 11.3 Å². The fraction of sp³-hybridized carbons (Fsp3) is 0.500. The summed E-state index contributed by atoms with van der Waals surface area (Å²) in [5.74, 6) is 0.394. The van der Waals surface area contributed by atoms with Gasteiger partial charge in [-0.3, -0.25) is 14.5 Å². The quantitative estimate of drug-likeness (QED) is 0.749. The van der Waals surface area contributed by atoms with Crippen LogP contribution in [0.2, 0.25) is 0 Å². The van der Waals surface area contributed by atoms with Crippen molar-refractivity contribution >= 4 is 11.8 Å². The average Bonchev–Trinajstić information content (AvgIpc) is 3.31. The molecule has 0 unspecified atom stereocenters. The van der Waals surface area contributed by atoms with Crippen LogP contribution in [0, 0.1) is 12.7 Å². The van der Waals surface area contributed by atoms with Crippen molar-refractivity contribution in [1.29, 1.82) is 0 Å². The number of hydrogen-bond acceptors (Lipinski definition) is 5. The largest absolute Gasteiger partial charge is 0.348 e. The molecule has 0 radical (unpaired) electrons. The highest BCUT2D eigenvalue weighted by molar-refractivity contribution is 5.94. The molecule has 3 heterocycles. The van der Waals surface area contributed by atoms with Crippen molar-refractivity contribution in [3.63, 3.8) is 0 Å². The molecule has 2 amide bonds. The summed E-state index contributed by atoms with van der Waals surface area (Å²) in [6.07, 6.45) is 5.78. The number of carbonyl (C=O) groups is 2. The minimum atomic E-state index is -0.307. The van der Waals surface area contributed by atoms with Crippen LogP contribution in [0.4, 0.5) is 4.39 Å². The molecule has 2 aliphatic rings. The molecule has 1 aromatic carbocycles. The lowest BCUT2D eigenvalue weighted by atomic mass is 9.96. The number of nitrogens with zero attached hydrogens (tertiary/aromatic N) is 4. The fourth-order valence-corrected chi connectivity index (χ4v) is 4.43. The highest BCUT2D eigenvalue weighted by Gasteiger charge is 2.28. The molecule has 0 aliphatic carbocycles. The Labute approximate surface area is 188 Å². The van der Waals surface area contributed by atoms with Crippen LogP contribution in [0.25, 0.3) is 0 Å². The Balaban J connectivity index is 1.35. The van der Waals surface area contributed by atoms with Crippen molar-refractivity contribution in [2.24, 2.45) is 0 Å². The van der Waals surface area contributed by atoms with Crippen LogP contribution in [0.3, 0.4) is 0 Å². The lowest BCUT2D eigenvalue weighted by Gasteiger charge is -2.33. The molecular formula is C24H30FN5O2. The topological polar surface area (TPSA) is 78.4 Å². The van der Waals surface area contributed by atoms with Crippen LogP contribution >= 0.6 is 0 Å². The van der Waals surface area contributed by atoms with E-state index in [1.54, 1.807) is 25.3 Å². The molecular weight excluding hydrogens is 409 g/mol. The van der Waals surface area contributed by atoms with Gasteiger partial charge in [-0.25, -0.2) is 14.4 Å². The van der Waals surface area contributed by atoms with E-state index in [1.165, 1.54) is 25.0 Å². The number of amides is 2. The van der Waals surface area contributed by atoms with E-state index in [2.05, 4.69) is 20.2 Å². The first-order valence-electron chi connectivity index (χ1n) is 11.4. The smallest absolute Gasteiger partial charge is 0.254 e. The Morgan fingerprint density at radius 1 is 1.12 bits per heavy atom. The molecule has 1 atom stereocenters. The summed E-state index contributed by atoms with van der Waals surface area (Å²) < 4.78 is 13.0. The monoisotopic (exact) mass is 439 g/mol. The van der Waals surface area contributed by atoms with Crippen molar-refractivity contribution < 1.29 is 14.0 Å². The summed E-state index contributed by atoms with van der Waals surface area (Å²) in [6.45, 7) is 6.04. The van der Waals surface area contributed by atoms with Gasteiger partial charge >= 0.3 is 0 Å². The second-order valence-electron chi connectivity index (χ2n) is 8.70. The average molecular weight is 440 g/mol. The molecule has 0 saturated carbocycles. The molecule has 7 nitrogen and oxygen atoms in total. The predicted octanol–water partition coefficient (Wildman–Crippen LogP) is 2.66. The molecule has 2 aliphatic heterocycles. The van der Waals surface area contributed by atoms with Crippen LogP contribution in [0.5, 0.6) is 0 Å². The van der Waals surface area contributed by atoms with E-state index in [0.29, 0.717) is 36.7 Å². The highest BCUT2D eigenvalue weighted by atomic mass is 19.1. The van der Waals surface area contributed by atoms with Crippen molar-refractivity contribution in [2.75, 3.05) is 32.7 Å². The number of halogens is 1. The molecule has 2 saturated heterocycles. The number of carbonyl (C=O) groups excluding carboxylic acids is 2. The fourth-order valence-electron chi connectivity index (χ4n) is 4.43. The minimum absolute atomic E-state index is 0.0845. The first-order chi connectivity index (χ1) is 15.5. The Kier molecular flexibility index (Phi) is 7.09. The zero-order valence-electron chi connectivity index (χ0n) is 18.5. The molecule has 0 spiro atoms. The maximum Gasteiger partial charge on any atom is 0.254 e. The summed E-state index contributed by atoms with van der Waals surface area (Å²) in [4.78, 5) is 38.6. The number of piperidine rings is 1. The summed E-state index contributed by atoms with van der Waals surface area (Å²) in [6, 6.07) is 6.02. The van der Waals surface area contributed by atoms with Gasteiger partial charge < -0.3 is 10.2 Å². The third-order valence-corrected chi connectivity index (χ3v) is 6.31. The Bertz CT molecular complexity index is 959. The van der Waals surface area contributed by atoms with Gasteiger partial charge in [-0.2, -0.15) is 0 Å². The van der Waals surface area contributed by atoms with Crippen molar-refractivity contribution in [3.05, 3.63) is 58.9 Å². The normalized spacial score (nSPS) is 19.2. The van der Waals surface area contributed by atoms with Crippen LogP contribution in [0.1, 0.15) is 59.0 Å². The standard InChI is InChI=1S/C24H30FN5O2/c1-17-21(24(32)27-13-18-6-8-20(25)9-7-18)14-26-23(28-17)19-5-4-12-30(15-19)22(31)16-29-10-2-3-11-29/h6-9,14,19H,2-5,10-13,15-16H2,1H3,(H,27,32)/t19-/m0/s1. The molecule has 32 heavy (non-hydrogen) atoms. The first-order valence-corrected chi connectivity index (χ1v) is 11.4. The number of aryl methyl sites for hydroxylation is 1. The molecule has 0 bridgehead atoms. The van der Waals surface area contributed by atoms with Gasteiger partial charge in [0.2, 0.25) is 5.91 Å². The van der Waals surface area contributed by atoms with E-state index in [0.717, 1.165) is 38.0 Å². The third-order valence-electron chi connectivity index (χ3n) is 6.31. The SMILES string of the molecule is Cc1nc([C@H]2CCCN(C(=O)CN3CCCC3)C2)ncc1C(=O)NCc1ccc(F)cc1. The lowest BCUT2D eigenvalue weighted by molar-refractivity contribution is -0.133. The van der Waals surface area contributed by atoms with E-state index in [4.69, 9.17) is 0 Å². The van der Waals surface area contributed by atoms with Crippen molar-refractivity contribution in [1.82, 2.24) is 25.1 Å². The van der Waals surface area contributed by atoms with Crippen LogP contribution < -0.4 is 5.32 Å². The molecule has 1 aromatic heterocycles. The Morgan fingerprint density at radius 3 is 2.59 bits per heavy atom. The number of aromatic nitrogens is 2. The third kappa shape index (κ3) is 5.48. The van der Waals surface area contributed by atoms with Gasteiger partial charge in [-0.15, -0.1) is 0 Å². The predicted molar refractivity (Wildman–Crippen MR) is 119 cm³/mol. The van der Waals surface area contributed by atoms with Gasteiger partial charge in [0.1, 0.15) is 11.6 Å². The number of rotatable bonds is 6. The van der Waals surface area contributed by atoms with Gasteiger partial charge in [0, 0.05) is 31.7 Å². The van der Waals surface area contributed by atoms with E-state index in [-0.39, 0.29) is 23.5 Å². The van der Waals surface area contributed by atoms with Gasteiger partial charge in [0.25, 0.3) is 5.91 Å². The van der Waals surface area contributed by atoms with Crippen molar-refractivity contribution in [2.45, 2.75) is 45.1 Å². The second-order valence-corrected chi connectivity index (χ2v) is 8.70.